The van der Waals surface area contributed by atoms with Gasteiger partial charge in [-0.05, 0) is 6.92 Å². The minimum Gasteiger partial charge on any atom is -0.480 e. The third kappa shape index (κ3) is 1.85. The fraction of sp³-hybridized carbons (Fsp3) is 0.429. The number of aromatic amines is 1. The van der Waals surface area contributed by atoms with Crippen LogP contribution in [0.15, 0.2) is 6.33 Å². The number of H-pyrrole nitrogens is 1. The first-order valence-electron chi connectivity index (χ1n) is 3.70. The second-order valence-corrected chi connectivity index (χ2v) is 2.72. The zero-order valence-corrected chi connectivity index (χ0v) is 7.06. The van der Waals surface area contributed by atoms with Gasteiger partial charge in [-0.2, -0.15) is 0 Å². The molecule has 1 aromatic rings. The number of nitrogens with zero attached hydrogens (tertiary/aromatic N) is 1. The minimum atomic E-state index is -1.35. The maximum atomic E-state index is 10.4. The van der Waals surface area contributed by atoms with Crippen molar-refractivity contribution in [1.29, 1.82) is 0 Å². The number of imidazole rings is 1. The van der Waals surface area contributed by atoms with Crippen LogP contribution in [0, 0.1) is 6.92 Å². The molecule has 0 aliphatic carbocycles. The molecule has 0 amide bonds. The number of aliphatic hydroxyl groups is 1. The minimum absolute atomic E-state index is 0.273. The number of aliphatic hydroxyl groups excluding tert-OH is 1. The predicted molar refractivity (Wildman–Crippen MR) is 43.9 cm³/mol. The molecule has 0 aromatic carbocycles. The van der Waals surface area contributed by atoms with Crippen molar-refractivity contribution in [1.82, 2.24) is 9.97 Å². The third-order valence-corrected chi connectivity index (χ3v) is 1.77. The van der Waals surface area contributed by atoms with Crippen molar-refractivity contribution in [2.45, 2.75) is 19.1 Å². The lowest BCUT2D eigenvalue weighted by molar-refractivity contribution is -0.141. The highest BCUT2D eigenvalue weighted by atomic mass is 16.4. The van der Waals surface area contributed by atoms with E-state index in [9.17, 15) is 9.90 Å². The number of aliphatic carboxylic acids is 1. The molecule has 6 nitrogen and oxygen atoms in total. The maximum absolute atomic E-state index is 10.4. The summed E-state index contributed by atoms with van der Waals surface area (Å²) in [7, 11) is 0. The van der Waals surface area contributed by atoms with Gasteiger partial charge in [0.05, 0.1) is 12.0 Å². The number of carbonyl (C=O) groups is 1. The SMILES string of the molecule is Cc1[nH]cnc1C(O)C(N)C(=O)O. The van der Waals surface area contributed by atoms with Crippen LogP contribution in [0.1, 0.15) is 17.5 Å². The van der Waals surface area contributed by atoms with Crippen LogP contribution >= 0.6 is 0 Å². The van der Waals surface area contributed by atoms with E-state index in [1.807, 2.05) is 0 Å². The van der Waals surface area contributed by atoms with Crippen LogP contribution < -0.4 is 5.73 Å². The summed E-state index contributed by atoms with van der Waals surface area (Å²) in [5, 5.41) is 18.0. The zero-order valence-electron chi connectivity index (χ0n) is 7.06. The zero-order chi connectivity index (χ0) is 10.0. The van der Waals surface area contributed by atoms with Crippen LogP contribution in [0.5, 0.6) is 0 Å². The molecule has 0 radical (unpaired) electrons. The molecule has 1 rings (SSSR count). The molecule has 0 spiro atoms. The Morgan fingerprint density at radius 3 is 2.77 bits per heavy atom. The lowest BCUT2D eigenvalue weighted by Gasteiger charge is -2.12. The van der Waals surface area contributed by atoms with Crippen molar-refractivity contribution in [3.63, 3.8) is 0 Å². The van der Waals surface area contributed by atoms with Gasteiger partial charge in [0.2, 0.25) is 0 Å². The second-order valence-electron chi connectivity index (χ2n) is 2.72. The molecule has 1 heterocycles. The number of nitrogens with one attached hydrogen (secondary N) is 1. The van der Waals surface area contributed by atoms with Crippen molar-refractivity contribution in [3.05, 3.63) is 17.7 Å². The van der Waals surface area contributed by atoms with E-state index < -0.39 is 18.1 Å². The van der Waals surface area contributed by atoms with Crippen LogP contribution in [-0.2, 0) is 4.79 Å². The smallest absolute Gasteiger partial charge is 0.323 e. The van der Waals surface area contributed by atoms with Gasteiger partial charge in [-0.15, -0.1) is 0 Å². The summed E-state index contributed by atoms with van der Waals surface area (Å²) in [6, 6.07) is -1.35. The monoisotopic (exact) mass is 185 g/mol. The number of rotatable bonds is 3. The van der Waals surface area contributed by atoms with Crippen LogP contribution in [0.4, 0.5) is 0 Å². The Hall–Kier alpha value is -1.40. The lowest BCUT2D eigenvalue weighted by Crippen LogP contribution is -2.36. The van der Waals surface area contributed by atoms with Gasteiger partial charge in [0, 0.05) is 5.69 Å². The Labute approximate surface area is 74.4 Å². The Bertz CT molecular complexity index is 310. The highest BCUT2D eigenvalue weighted by Crippen LogP contribution is 2.15. The standard InChI is InChI=1S/C7H11N3O3/c1-3-5(10-2-9-3)6(11)4(8)7(12)13/h2,4,6,11H,8H2,1H3,(H,9,10)(H,12,13). The molecule has 0 fully saturated rings. The molecule has 0 saturated carbocycles. The first kappa shape index (κ1) is 9.69. The van der Waals surface area contributed by atoms with Crippen molar-refractivity contribution in [2.75, 3.05) is 0 Å². The van der Waals surface area contributed by atoms with E-state index in [-0.39, 0.29) is 5.69 Å². The highest BCUT2D eigenvalue weighted by molar-refractivity contribution is 5.74. The fourth-order valence-corrected chi connectivity index (χ4v) is 0.973. The Kier molecular flexibility index (Phi) is 2.64. The number of carboxylic acid groups (broad SMARTS) is 1. The summed E-state index contributed by atoms with van der Waals surface area (Å²) in [6.45, 7) is 1.68. The van der Waals surface area contributed by atoms with Crippen LogP contribution in [-0.4, -0.2) is 32.2 Å². The Balaban J connectivity index is 2.85. The number of aromatic nitrogens is 2. The molecule has 5 N–H and O–H groups in total. The van der Waals surface area contributed by atoms with Crippen molar-refractivity contribution >= 4 is 5.97 Å². The Morgan fingerprint density at radius 1 is 1.77 bits per heavy atom. The number of hydrogen-bond donors (Lipinski definition) is 4. The average Bonchev–Trinajstić information content (AvgIpc) is 2.48. The van der Waals surface area contributed by atoms with Gasteiger partial charge in [-0.3, -0.25) is 4.79 Å². The average molecular weight is 185 g/mol. The molecule has 0 aliphatic heterocycles. The van der Waals surface area contributed by atoms with E-state index in [2.05, 4.69) is 9.97 Å². The summed E-state index contributed by atoms with van der Waals surface area (Å²) >= 11 is 0. The molecular formula is C7H11N3O3. The molecule has 6 heteroatoms. The molecular weight excluding hydrogens is 174 g/mol. The lowest BCUT2D eigenvalue weighted by atomic mass is 10.1. The molecule has 2 unspecified atom stereocenters. The largest absolute Gasteiger partial charge is 0.480 e. The summed E-state index contributed by atoms with van der Waals surface area (Å²) in [4.78, 5) is 16.9. The number of carboxylic acids is 1. The van der Waals surface area contributed by atoms with Gasteiger partial charge in [0.15, 0.2) is 0 Å². The predicted octanol–water partition coefficient (Wildman–Crippen LogP) is -0.837. The number of nitrogens with two attached hydrogens (primary N) is 1. The Morgan fingerprint density at radius 2 is 2.38 bits per heavy atom. The van der Waals surface area contributed by atoms with Crippen molar-refractivity contribution in [3.8, 4) is 0 Å². The molecule has 72 valence electrons. The van der Waals surface area contributed by atoms with Crippen molar-refractivity contribution < 1.29 is 15.0 Å². The highest BCUT2D eigenvalue weighted by Gasteiger charge is 2.26. The van der Waals surface area contributed by atoms with Crippen LogP contribution in [0.3, 0.4) is 0 Å². The van der Waals surface area contributed by atoms with E-state index in [1.54, 1.807) is 6.92 Å². The fourth-order valence-electron chi connectivity index (χ4n) is 0.973. The quantitative estimate of drug-likeness (QED) is 0.490. The summed E-state index contributed by atoms with van der Waals surface area (Å²) in [5.74, 6) is -1.25. The first-order valence-corrected chi connectivity index (χ1v) is 3.70. The number of hydrogen-bond acceptors (Lipinski definition) is 4. The molecule has 2 atom stereocenters. The van der Waals surface area contributed by atoms with Gasteiger partial charge in [0.1, 0.15) is 12.1 Å². The normalized spacial score (nSPS) is 15.3. The molecule has 13 heavy (non-hydrogen) atoms. The van der Waals surface area contributed by atoms with E-state index >= 15 is 0 Å². The van der Waals surface area contributed by atoms with E-state index in [1.165, 1.54) is 6.33 Å². The molecule has 0 saturated heterocycles. The summed E-state index contributed by atoms with van der Waals surface area (Å²) in [6.07, 6.45) is 0.103. The third-order valence-electron chi connectivity index (χ3n) is 1.77. The van der Waals surface area contributed by atoms with Gasteiger partial charge >= 0.3 is 5.97 Å². The van der Waals surface area contributed by atoms with Gasteiger partial charge in [0.25, 0.3) is 0 Å². The number of aryl methyl sites for hydroxylation is 1. The molecule has 0 bridgehead atoms. The maximum Gasteiger partial charge on any atom is 0.323 e. The van der Waals surface area contributed by atoms with Gasteiger partial charge < -0.3 is 20.9 Å². The van der Waals surface area contributed by atoms with Crippen LogP contribution in [0.25, 0.3) is 0 Å². The second kappa shape index (κ2) is 3.55. The molecule has 0 aliphatic rings. The van der Waals surface area contributed by atoms with Gasteiger partial charge in [-0.1, -0.05) is 0 Å². The summed E-state index contributed by atoms with van der Waals surface area (Å²) < 4.78 is 0. The van der Waals surface area contributed by atoms with E-state index in [0.717, 1.165) is 0 Å². The van der Waals surface area contributed by atoms with Gasteiger partial charge in [-0.25, -0.2) is 4.98 Å². The molecule has 1 aromatic heterocycles. The first-order chi connectivity index (χ1) is 6.04. The van der Waals surface area contributed by atoms with Crippen molar-refractivity contribution in [2.24, 2.45) is 5.73 Å². The topological polar surface area (TPSA) is 112 Å². The van der Waals surface area contributed by atoms with Crippen LogP contribution in [0.2, 0.25) is 0 Å². The summed E-state index contributed by atoms with van der Waals surface area (Å²) in [5.41, 5.74) is 6.10. The van der Waals surface area contributed by atoms with E-state index in [0.29, 0.717) is 5.69 Å². The van der Waals surface area contributed by atoms with E-state index in [4.69, 9.17) is 10.8 Å².